The van der Waals surface area contributed by atoms with Crippen molar-refractivity contribution in [2.45, 2.75) is 39.2 Å². The third-order valence-electron chi connectivity index (χ3n) is 3.90. The fourth-order valence-corrected chi connectivity index (χ4v) is 2.69. The van der Waals surface area contributed by atoms with Crippen molar-refractivity contribution in [2.24, 2.45) is 5.41 Å². The summed E-state index contributed by atoms with van der Waals surface area (Å²) in [4.78, 5) is 0. The van der Waals surface area contributed by atoms with Gasteiger partial charge in [0, 0.05) is 27.9 Å². The summed E-state index contributed by atoms with van der Waals surface area (Å²) in [6.07, 6.45) is 2.80. The van der Waals surface area contributed by atoms with Gasteiger partial charge in [0.25, 0.3) is 0 Å². The average molecular weight is 337 g/mol. The number of hydrogen-bond acceptors (Lipinski definition) is 3. The first-order valence-corrected chi connectivity index (χ1v) is 7.92. The summed E-state index contributed by atoms with van der Waals surface area (Å²) >= 11 is 3.50. The summed E-state index contributed by atoms with van der Waals surface area (Å²) in [7, 11) is 0. The van der Waals surface area contributed by atoms with Crippen molar-refractivity contribution in [1.29, 1.82) is 5.26 Å². The van der Waals surface area contributed by atoms with Crippen LogP contribution in [0, 0.1) is 16.7 Å². The van der Waals surface area contributed by atoms with Crippen molar-refractivity contribution in [3.05, 3.63) is 28.2 Å². The average Bonchev–Trinajstić information content (AvgIpc) is 3.17. The molecule has 1 aromatic carbocycles. The van der Waals surface area contributed by atoms with Gasteiger partial charge >= 0.3 is 0 Å². The summed E-state index contributed by atoms with van der Waals surface area (Å²) in [5.41, 5.74) is 1.28. The van der Waals surface area contributed by atoms with Crippen molar-refractivity contribution < 1.29 is 4.74 Å². The minimum absolute atomic E-state index is 0.107. The van der Waals surface area contributed by atoms with Crippen LogP contribution in [0.1, 0.15) is 44.7 Å². The summed E-state index contributed by atoms with van der Waals surface area (Å²) < 4.78 is 7.06. The molecule has 0 bridgehead atoms. The lowest BCUT2D eigenvalue weighted by Gasteiger charge is -2.20. The highest BCUT2D eigenvalue weighted by Crippen LogP contribution is 2.49. The molecular weight excluding hydrogens is 316 g/mol. The molecule has 3 nitrogen and oxygen atoms in total. The van der Waals surface area contributed by atoms with Crippen LogP contribution in [0.5, 0.6) is 5.75 Å². The number of nitrogens with zero attached hydrogens (tertiary/aromatic N) is 1. The second-order valence-corrected chi connectivity index (χ2v) is 6.50. The predicted octanol–water partition coefficient (Wildman–Crippen LogP) is 4.19. The van der Waals surface area contributed by atoms with Crippen molar-refractivity contribution in [2.75, 3.05) is 13.2 Å². The molecule has 0 heterocycles. The van der Waals surface area contributed by atoms with Gasteiger partial charge in [-0.25, -0.2) is 0 Å². The van der Waals surface area contributed by atoms with Crippen LogP contribution < -0.4 is 10.1 Å². The Kier molecular flexibility index (Phi) is 5.06. The molecule has 1 aliphatic rings. The first-order valence-electron chi connectivity index (χ1n) is 7.13. The topological polar surface area (TPSA) is 45.0 Å². The van der Waals surface area contributed by atoms with Gasteiger partial charge in [0.2, 0.25) is 0 Å². The summed E-state index contributed by atoms with van der Waals surface area (Å²) in [5.74, 6) is 0.914. The van der Waals surface area contributed by atoms with E-state index in [1.807, 2.05) is 12.1 Å². The number of nitriles is 1. The summed E-state index contributed by atoms with van der Waals surface area (Å²) in [6, 6.07) is 8.69. The molecule has 4 heteroatoms. The van der Waals surface area contributed by atoms with Crippen molar-refractivity contribution in [3.63, 3.8) is 0 Å². The highest BCUT2D eigenvalue weighted by molar-refractivity contribution is 9.10. The first kappa shape index (κ1) is 15.3. The van der Waals surface area contributed by atoms with Crippen molar-refractivity contribution >= 4 is 15.9 Å². The maximum absolute atomic E-state index is 8.87. The Morgan fingerprint density at radius 3 is 2.85 bits per heavy atom. The monoisotopic (exact) mass is 336 g/mol. The molecule has 20 heavy (non-hydrogen) atoms. The Hall–Kier alpha value is -1.05. The van der Waals surface area contributed by atoms with Gasteiger partial charge in [-0.3, -0.25) is 0 Å². The predicted molar refractivity (Wildman–Crippen MR) is 83.6 cm³/mol. The normalized spacial score (nSPS) is 17.3. The smallest absolute Gasteiger partial charge is 0.125 e. The summed E-state index contributed by atoms with van der Waals surface area (Å²) in [5, 5.41) is 12.3. The molecule has 108 valence electrons. The van der Waals surface area contributed by atoms with Crippen LogP contribution in [-0.2, 0) is 0 Å². The lowest BCUT2D eigenvalue weighted by molar-refractivity contribution is 0.233. The Balaban J connectivity index is 2.09. The van der Waals surface area contributed by atoms with E-state index in [2.05, 4.69) is 47.2 Å². The highest BCUT2D eigenvalue weighted by atomic mass is 79.9. The van der Waals surface area contributed by atoms with Gasteiger partial charge in [0.1, 0.15) is 5.75 Å². The van der Waals surface area contributed by atoms with Crippen molar-refractivity contribution in [3.8, 4) is 11.8 Å². The number of nitrogens with one attached hydrogen (secondary N) is 1. The van der Waals surface area contributed by atoms with Gasteiger partial charge in [-0.2, -0.15) is 5.26 Å². The van der Waals surface area contributed by atoms with Crippen LogP contribution in [-0.4, -0.2) is 13.2 Å². The molecule has 2 rings (SSSR count). The number of rotatable bonds is 7. The molecule has 0 amide bonds. The molecule has 0 radical (unpaired) electrons. The van der Waals surface area contributed by atoms with Gasteiger partial charge in [-0.1, -0.05) is 28.9 Å². The lowest BCUT2D eigenvalue weighted by Crippen LogP contribution is -2.20. The lowest BCUT2D eigenvalue weighted by atomic mass is 10.0. The largest absolute Gasteiger partial charge is 0.493 e. The third kappa shape index (κ3) is 3.74. The molecule has 1 fully saturated rings. The number of ether oxygens (including phenoxy) is 1. The fraction of sp³-hybridized carbons (Fsp3) is 0.562. The Labute approximate surface area is 129 Å². The number of halogens is 1. The van der Waals surface area contributed by atoms with Crippen LogP contribution in [0.3, 0.4) is 0 Å². The van der Waals surface area contributed by atoms with E-state index < -0.39 is 0 Å². The molecule has 0 aliphatic heterocycles. The molecule has 1 saturated carbocycles. The Morgan fingerprint density at radius 1 is 1.50 bits per heavy atom. The molecular formula is C16H21BrN2O. The first-order chi connectivity index (χ1) is 9.60. The third-order valence-corrected chi connectivity index (χ3v) is 4.39. The summed E-state index contributed by atoms with van der Waals surface area (Å²) in [6.45, 7) is 5.81. The van der Waals surface area contributed by atoms with E-state index in [0.717, 1.165) is 29.6 Å². The maximum Gasteiger partial charge on any atom is 0.125 e. The van der Waals surface area contributed by atoms with Crippen LogP contribution in [0.15, 0.2) is 22.7 Å². The SMILES string of the molecule is CCNC(C)c1ccc(Br)cc1OCC1(CC#N)CC1. The van der Waals surface area contributed by atoms with Crippen LogP contribution in [0.25, 0.3) is 0 Å². The zero-order chi connectivity index (χ0) is 14.6. The Morgan fingerprint density at radius 2 is 2.25 bits per heavy atom. The van der Waals surface area contributed by atoms with Crippen LogP contribution >= 0.6 is 15.9 Å². The molecule has 0 spiro atoms. The molecule has 0 aromatic heterocycles. The van der Waals surface area contributed by atoms with E-state index in [0.29, 0.717) is 13.0 Å². The highest BCUT2D eigenvalue weighted by Gasteiger charge is 2.43. The van der Waals surface area contributed by atoms with E-state index in [4.69, 9.17) is 10.00 Å². The number of hydrogen-bond donors (Lipinski definition) is 1. The minimum Gasteiger partial charge on any atom is -0.493 e. The quantitative estimate of drug-likeness (QED) is 0.811. The van der Waals surface area contributed by atoms with E-state index >= 15 is 0 Å². The minimum atomic E-state index is 0.107. The van der Waals surface area contributed by atoms with E-state index in [-0.39, 0.29) is 11.5 Å². The van der Waals surface area contributed by atoms with E-state index in [1.54, 1.807) is 0 Å². The second-order valence-electron chi connectivity index (χ2n) is 5.59. The van der Waals surface area contributed by atoms with Gasteiger partial charge < -0.3 is 10.1 Å². The fourth-order valence-electron chi connectivity index (χ4n) is 2.35. The standard InChI is InChI=1S/C16H21BrN2O/c1-3-19-12(2)14-5-4-13(17)10-15(14)20-11-16(6-7-16)8-9-18/h4-5,10,12,19H,3,6-8,11H2,1-2H3. The zero-order valence-corrected chi connectivity index (χ0v) is 13.7. The number of benzene rings is 1. The maximum atomic E-state index is 8.87. The van der Waals surface area contributed by atoms with Crippen LogP contribution in [0.2, 0.25) is 0 Å². The van der Waals surface area contributed by atoms with Crippen molar-refractivity contribution in [1.82, 2.24) is 5.32 Å². The molecule has 1 atom stereocenters. The van der Waals surface area contributed by atoms with E-state index in [1.165, 1.54) is 5.56 Å². The van der Waals surface area contributed by atoms with Gasteiger partial charge in [-0.05, 0) is 38.4 Å². The van der Waals surface area contributed by atoms with Gasteiger partial charge in [0.05, 0.1) is 12.7 Å². The Bertz CT molecular complexity index is 506. The van der Waals surface area contributed by atoms with Gasteiger partial charge in [0.15, 0.2) is 0 Å². The van der Waals surface area contributed by atoms with E-state index in [9.17, 15) is 0 Å². The molecule has 1 unspecified atom stereocenters. The molecule has 1 aromatic rings. The zero-order valence-electron chi connectivity index (χ0n) is 12.1. The van der Waals surface area contributed by atoms with Crippen LogP contribution in [0.4, 0.5) is 0 Å². The molecule has 1 N–H and O–H groups in total. The molecule has 1 aliphatic carbocycles. The van der Waals surface area contributed by atoms with Gasteiger partial charge in [-0.15, -0.1) is 0 Å². The second kappa shape index (κ2) is 6.60. The molecule has 0 saturated heterocycles.